The Morgan fingerprint density at radius 3 is 1.43 bits per heavy atom. The average Bonchev–Trinajstić information content (AvgIpc) is 3.54. The summed E-state index contributed by atoms with van der Waals surface area (Å²) in [6.45, 7) is 2.13. The Morgan fingerprint density at radius 1 is 0.333 bits per heavy atom. The van der Waals surface area contributed by atoms with E-state index < -0.39 is 0 Å². The fraction of sp³-hybridized carbons (Fsp3) is 0.0204. The Bertz CT molecular complexity index is 2560. The van der Waals surface area contributed by atoms with Gasteiger partial charge in [0.2, 0.25) is 0 Å². The van der Waals surface area contributed by atoms with Crippen LogP contribution < -0.4 is 4.90 Å². The molecule has 0 saturated heterocycles. The highest BCUT2D eigenvalue weighted by atomic mass is 15.1. The highest BCUT2D eigenvalue weighted by Crippen LogP contribution is 2.38. The topological polar surface area (TPSA) is 8.17 Å². The Kier molecular flexibility index (Phi) is 7.75. The van der Waals surface area contributed by atoms with Crippen LogP contribution in [0.5, 0.6) is 0 Å². The van der Waals surface area contributed by atoms with E-state index in [1.54, 1.807) is 0 Å². The minimum atomic E-state index is 1.12. The van der Waals surface area contributed by atoms with Gasteiger partial charge in [-0.15, -0.1) is 0 Å². The number of para-hydroxylation sites is 2. The summed E-state index contributed by atoms with van der Waals surface area (Å²) >= 11 is 0. The highest BCUT2D eigenvalue weighted by molar-refractivity contribution is 6.09. The molecule has 1 aromatic heterocycles. The van der Waals surface area contributed by atoms with Crippen molar-refractivity contribution in [2.75, 3.05) is 4.90 Å². The largest absolute Gasteiger partial charge is 0.310 e. The molecule has 0 N–H and O–H groups in total. The predicted octanol–water partition coefficient (Wildman–Crippen LogP) is 13.6. The number of hydrogen-bond acceptors (Lipinski definition) is 1. The second-order valence-corrected chi connectivity index (χ2v) is 13.1. The molecule has 1 heterocycles. The van der Waals surface area contributed by atoms with E-state index >= 15 is 0 Å². The Morgan fingerprint density at radius 2 is 0.784 bits per heavy atom. The molecule has 0 spiro atoms. The highest BCUT2D eigenvalue weighted by Gasteiger charge is 2.15. The quantitative estimate of drug-likeness (QED) is 0.166. The maximum atomic E-state index is 2.37. The second kappa shape index (κ2) is 13.0. The molecule has 0 amide bonds. The van der Waals surface area contributed by atoms with Crippen molar-refractivity contribution < 1.29 is 0 Å². The first-order valence-electron chi connectivity index (χ1n) is 17.5. The summed E-state index contributed by atoms with van der Waals surface area (Å²) in [5.41, 5.74) is 15.4. The van der Waals surface area contributed by atoms with Gasteiger partial charge in [0, 0.05) is 33.5 Å². The summed E-state index contributed by atoms with van der Waals surface area (Å²) in [6, 6.07) is 72.2. The summed E-state index contributed by atoms with van der Waals surface area (Å²) in [4.78, 5) is 2.34. The van der Waals surface area contributed by atoms with Gasteiger partial charge in [0.05, 0.1) is 11.0 Å². The van der Waals surface area contributed by atoms with Crippen LogP contribution in [-0.2, 0) is 0 Å². The lowest BCUT2D eigenvalue weighted by molar-refractivity contribution is 1.18. The molecule has 0 aliphatic heterocycles. The van der Waals surface area contributed by atoms with Crippen LogP contribution in [0.3, 0.4) is 0 Å². The molecular formula is C49H36N2. The third-order valence-corrected chi connectivity index (χ3v) is 9.86. The number of nitrogens with zero attached hydrogens (tertiary/aromatic N) is 2. The molecule has 0 radical (unpaired) electrons. The van der Waals surface area contributed by atoms with Crippen LogP contribution in [0.1, 0.15) is 5.56 Å². The van der Waals surface area contributed by atoms with Gasteiger partial charge in [-0.05, 0) is 107 Å². The van der Waals surface area contributed by atoms with Crippen LogP contribution in [0.15, 0.2) is 200 Å². The van der Waals surface area contributed by atoms with E-state index in [0.717, 1.165) is 22.7 Å². The number of fused-ring (bicyclic) bond motifs is 3. The molecule has 51 heavy (non-hydrogen) atoms. The molecule has 0 fully saturated rings. The molecule has 0 bridgehead atoms. The van der Waals surface area contributed by atoms with Crippen LogP contribution in [0.4, 0.5) is 17.1 Å². The van der Waals surface area contributed by atoms with Crippen molar-refractivity contribution in [3.8, 4) is 39.1 Å². The number of hydrogen-bond donors (Lipinski definition) is 0. The Balaban J connectivity index is 1.06. The average molecular weight is 653 g/mol. The van der Waals surface area contributed by atoms with E-state index in [-0.39, 0.29) is 0 Å². The van der Waals surface area contributed by atoms with Gasteiger partial charge < -0.3 is 9.47 Å². The van der Waals surface area contributed by atoms with E-state index in [1.807, 2.05) is 0 Å². The molecule has 9 rings (SSSR count). The van der Waals surface area contributed by atoms with Gasteiger partial charge in [0.15, 0.2) is 0 Å². The monoisotopic (exact) mass is 652 g/mol. The van der Waals surface area contributed by atoms with Crippen LogP contribution in [0, 0.1) is 6.92 Å². The van der Waals surface area contributed by atoms with Crippen molar-refractivity contribution in [1.29, 1.82) is 0 Å². The predicted molar refractivity (Wildman–Crippen MR) is 217 cm³/mol. The third kappa shape index (κ3) is 5.77. The van der Waals surface area contributed by atoms with Crippen LogP contribution in [0.2, 0.25) is 0 Å². The van der Waals surface area contributed by atoms with Crippen molar-refractivity contribution in [2.24, 2.45) is 0 Å². The van der Waals surface area contributed by atoms with Crippen molar-refractivity contribution in [3.63, 3.8) is 0 Å². The Labute approximate surface area is 299 Å². The van der Waals surface area contributed by atoms with Gasteiger partial charge in [-0.2, -0.15) is 0 Å². The molecular weight excluding hydrogens is 617 g/mol. The number of anilines is 3. The molecule has 0 atom stereocenters. The zero-order valence-corrected chi connectivity index (χ0v) is 28.4. The van der Waals surface area contributed by atoms with Crippen molar-refractivity contribution in [3.05, 3.63) is 206 Å². The summed E-state index contributed by atoms with van der Waals surface area (Å²) in [5, 5.41) is 2.55. The first-order chi connectivity index (χ1) is 25.2. The Hall–Kier alpha value is -6.64. The second-order valence-electron chi connectivity index (χ2n) is 13.1. The lowest BCUT2D eigenvalue weighted by Gasteiger charge is -2.26. The van der Waals surface area contributed by atoms with Crippen LogP contribution in [0.25, 0.3) is 60.9 Å². The van der Waals surface area contributed by atoms with Gasteiger partial charge in [-0.1, -0.05) is 139 Å². The summed E-state index contributed by atoms with van der Waals surface area (Å²) in [6.07, 6.45) is 0. The smallest absolute Gasteiger partial charge is 0.0541 e. The van der Waals surface area contributed by atoms with Gasteiger partial charge in [-0.25, -0.2) is 0 Å². The van der Waals surface area contributed by atoms with Crippen molar-refractivity contribution in [1.82, 2.24) is 4.57 Å². The fourth-order valence-electron chi connectivity index (χ4n) is 7.28. The summed E-state index contributed by atoms with van der Waals surface area (Å²) in [5.74, 6) is 0. The molecule has 2 nitrogen and oxygen atoms in total. The van der Waals surface area contributed by atoms with Gasteiger partial charge in [0.25, 0.3) is 0 Å². The SMILES string of the molecule is Cc1ccc(N(c2ccc(-c3ccccc3)cc2)c2cccc(-c3cccc(-c4ccc(-n5c6ccccc6c6ccccc65)cc4)c3)c2)cc1. The van der Waals surface area contributed by atoms with Crippen LogP contribution in [-0.4, -0.2) is 4.57 Å². The van der Waals surface area contributed by atoms with Crippen molar-refractivity contribution >= 4 is 38.9 Å². The number of benzene rings is 8. The van der Waals surface area contributed by atoms with Crippen LogP contribution >= 0.6 is 0 Å². The maximum Gasteiger partial charge on any atom is 0.0541 e. The van der Waals surface area contributed by atoms with E-state index in [2.05, 4.69) is 217 Å². The summed E-state index contributed by atoms with van der Waals surface area (Å²) in [7, 11) is 0. The number of aryl methyl sites for hydroxylation is 1. The standard InChI is InChI=1S/C49H36N2/c1-35-21-27-42(28-22-35)50(43-29-23-37(24-30-43)36-11-3-2-4-12-36)45-16-10-15-41(34-45)40-14-9-13-39(33-40)38-25-31-44(32-26-38)51-48-19-7-5-17-46(48)47-18-6-8-20-49(47)51/h2-34H,1H3. The summed E-state index contributed by atoms with van der Waals surface area (Å²) < 4.78 is 2.37. The fourth-order valence-corrected chi connectivity index (χ4v) is 7.28. The van der Waals surface area contributed by atoms with E-state index in [9.17, 15) is 0 Å². The molecule has 2 heteroatoms. The minimum absolute atomic E-state index is 1.12. The zero-order chi connectivity index (χ0) is 34.1. The lowest BCUT2D eigenvalue weighted by Crippen LogP contribution is -2.10. The number of aromatic nitrogens is 1. The normalized spacial score (nSPS) is 11.2. The molecule has 0 aliphatic carbocycles. The maximum absolute atomic E-state index is 2.37. The lowest BCUT2D eigenvalue weighted by atomic mass is 9.98. The van der Waals surface area contributed by atoms with E-state index in [0.29, 0.717) is 0 Å². The van der Waals surface area contributed by atoms with Crippen molar-refractivity contribution in [2.45, 2.75) is 6.92 Å². The van der Waals surface area contributed by atoms with Gasteiger partial charge >= 0.3 is 0 Å². The molecule has 8 aromatic carbocycles. The number of rotatable bonds is 7. The minimum Gasteiger partial charge on any atom is -0.310 e. The molecule has 242 valence electrons. The zero-order valence-electron chi connectivity index (χ0n) is 28.4. The first kappa shape index (κ1) is 30.4. The molecule has 0 aliphatic rings. The molecule has 0 unspecified atom stereocenters. The van der Waals surface area contributed by atoms with Gasteiger partial charge in [0.1, 0.15) is 0 Å². The third-order valence-electron chi connectivity index (χ3n) is 9.86. The molecule has 0 saturated carbocycles. The molecule has 9 aromatic rings. The van der Waals surface area contributed by atoms with Gasteiger partial charge in [-0.3, -0.25) is 0 Å². The van der Waals surface area contributed by atoms with E-state index in [4.69, 9.17) is 0 Å². The van der Waals surface area contributed by atoms with E-state index in [1.165, 1.54) is 60.8 Å². The first-order valence-corrected chi connectivity index (χ1v) is 17.5.